The van der Waals surface area contributed by atoms with E-state index in [0.29, 0.717) is 23.5 Å². The third-order valence-corrected chi connectivity index (χ3v) is 3.03. The van der Waals surface area contributed by atoms with Gasteiger partial charge in [-0.2, -0.15) is 0 Å². The van der Waals surface area contributed by atoms with E-state index in [0.717, 1.165) is 6.42 Å². The minimum absolute atomic E-state index is 0.147. The van der Waals surface area contributed by atoms with Gasteiger partial charge < -0.3 is 9.47 Å². The maximum absolute atomic E-state index is 12.1. The SMILES string of the molecule is CCCOc1ccc(C(=O)Oc2ccccc2C(C)=O)cc1. The van der Waals surface area contributed by atoms with E-state index in [1.54, 1.807) is 48.5 Å². The van der Waals surface area contributed by atoms with Crippen LogP contribution in [0.15, 0.2) is 48.5 Å². The molecule has 0 bridgehead atoms. The van der Waals surface area contributed by atoms with Crippen LogP contribution in [-0.4, -0.2) is 18.4 Å². The molecule has 0 amide bonds. The first-order valence-corrected chi connectivity index (χ1v) is 7.17. The number of hydrogen-bond donors (Lipinski definition) is 0. The molecule has 2 aromatic rings. The number of rotatable bonds is 6. The van der Waals surface area contributed by atoms with E-state index in [9.17, 15) is 9.59 Å². The average Bonchev–Trinajstić information content (AvgIpc) is 2.53. The van der Waals surface area contributed by atoms with Crippen molar-refractivity contribution in [3.8, 4) is 11.5 Å². The molecule has 4 nitrogen and oxygen atoms in total. The van der Waals surface area contributed by atoms with Gasteiger partial charge in [-0.05, 0) is 49.7 Å². The number of hydrogen-bond acceptors (Lipinski definition) is 4. The monoisotopic (exact) mass is 298 g/mol. The van der Waals surface area contributed by atoms with Gasteiger partial charge in [0.1, 0.15) is 11.5 Å². The Morgan fingerprint density at radius 1 is 1.00 bits per heavy atom. The van der Waals surface area contributed by atoms with Crippen molar-refractivity contribution in [2.45, 2.75) is 20.3 Å². The van der Waals surface area contributed by atoms with Crippen molar-refractivity contribution in [1.29, 1.82) is 0 Å². The molecule has 0 fully saturated rings. The summed E-state index contributed by atoms with van der Waals surface area (Å²) < 4.78 is 10.8. The minimum atomic E-state index is -0.504. The highest BCUT2D eigenvalue weighted by Crippen LogP contribution is 2.20. The van der Waals surface area contributed by atoms with Crippen molar-refractivity contribution in [1.82, 2.24) is 0 Å². The molecule has 0 aliphatic heterocycles. The quantitative estimate of drug-likeness (QED) is 0.461. The van der Waals surface area contributed by atoms with E-state index >= 15 is 0 Å². The first-order chi connectivity index (χ1) is 10.6. The Hall–Kier alpha value is -2.62. The fourth-order valence-electron chi connectivity index (χ4n) is 1.91. The zero-order chi connectivity index (χ0) is 15.9. The van der Waals surface area contributed by atoms with Gasteiger partial charge >= 0.3 is 5.97 Å². The second-order valence-corrected chi connectivity index (χ2v) is 4.81. The summed E-state index contributed by atoms with van der Waals surface area (Å²) in [5.74, 6) is 0.330. The van der Waals surface area contributed by atoms with Gasteiger partial charge in [-0.3, -0.25) is 4.79 Å². The number of carbonyl (C=O) groups excluding carboxylic acids is 2. The van der Waals surface area contributed by atoms with Crippen molar-refractivity contribution in [2.24, 2.45) is 0 Å². The molecule has 0 aliphatic rings. The number of ketones is 1. The standard InChI is InChI=1S/C18H18O4/c1-3-12-21-15-10-8-14(9-11-15)18(20)22-17-7-5-4-6-16(17)13(2)19/h4-11H,3,12H2,1-2H3. The van der Waals surface area contributed by atoms with Gasteiger partial charge in [-0.25, -0.2) is 4.79 Å². The van der Waals surface area contributed by atoms with Gasteiger partial charge in [0.2, 0.25) is 0 Å². The lowest BCUT2D eigenvalue weighted by atomic mass is 10.1. The molecular formula is C18H18O4. The van der Waals surface area contributed by atoms with Crippen LogP contribution in [0.3, 0.4) is 0 Å². The van der Waals surface area contributed by atoms with Gasteiger partial charge in [0.05, 0.1) is 17.7 Å². The van der Waals surface area contributed by atoms with Crippen LogP contribution < -0.4 is 9.47 Å². The first kappa shape index (κ1) is 15.8. The fraction of sp³-hybridized carbons (Fsp3) is 0.222. The lowest BCUT2D eigenvalue weighted by molar-refractivity contribution is 0.0733. The number of esters is 1. The number of carbonyl (C=O) groups is 2. The summed E-state index contributed by atoms with van der Waals surface area (Å²) in [4.78, 5) is 23.7. The number of Topliss-reactive ketones (excluding diaryl/α,β-unsaturated/α-hetero) is 1. The maximum Gasteiger partial charge on any atom is 0.343 e. The summed E-state index contributed by atoms with van der Waals surface area (Å²) in [6, 6.07) is 13.4. The molecule has 2 rings (SSSR count). The normalized spacial score (nSPS) is 10.1. The third-order valence-electron chi connectivity index (χ3n) is 3.03. The second kappa shape index (κ2) is 7.41. The molecule has 0 saturated carbocycles. The molecule has 22 heavy (non-hydrogen) atoms. The van der Waals surface area contributed by atoms with Crippen LogP contribution in [0.25, 0.3) is 0 Å². The van der Waals surface area contributed by atoms with E-state index in [4.69, 9.17) is 9.47 Å². The summed E-state index contributed by atoms with van der Waals surface area (Å²) in [5.41, 5.74) is 0.793. The zero-order valence-corrected chi connectivity index (χ0v) is 12.7. The summed E-state index contributed by atoms with van der Waals surface area (Å²) >= 11 is 0. The Labute approximate surface area is 129 Å². The van der Waals surface area contributed by atoms with Crippen LogP contribution in [0.1, 0.15) is 41.0 Å². The van der Waals surface area contributed by atoms with Gasteiger partial charge in [-0.1, -0.05) is 19.1 Å². The van der Waals surface area contributed by atoms with Crippen LogP contribution in [0.2, 0.25) is 0 Å². The highest BCUT2D eigenvalue weighted by Gasteiger charge is 2.13. The van der Waals surface area contributed by atoms with Crippen LogP contribution in [0, 0.1) is 0 Å². The molecule has 0 aromatic heterocycles. The predicted molar refractivity (Wildman–Crippen MR) is 83.6 cm³/mol. The fourth-order valence-corrected chi connectivity index (χ4v) is 1.91. The third kappa shape index (κ3) is 3.95. The molecule has 0 aliphatic carbocycles. The maximum atomic E-state index is 12.1. The molecule has 0 unspecified atom stereocenters. The smallest absolute Gasteiger partial charge is 0.343 e. The molecular weight excluding hydrogens is 280 g/mol. The molecule has 0 saturated heterocycles. The molecule has 4 heteroatoms. The number of benzene rings is 2. The Morgan fingerprint density at radius 3 is 2.32 bits per heavy atom. The summed E-state index contributed by atoms with van der Waals surface area (Å²) in [6.07, 6.45) is 0.922. The predicted octanol–water partition coefficient (Wildman–Crippen LogP) is 3.90. The molecule has 0 radical (unpaired) electrons. The summed E-state index contributed by atoms with van der Waals surface area (Å²) in [6.45, 7) is 4.10. The number of ether oxygens (including phenoxy) is 2. The summed E-state index contributed by atoms with van der Waals surface area (Å²) in [5, 5.41) is 0. The molecule has 0 N–H and O–H groups in total. The molecule has 0 heterocycles. The number of para-hydroxylation sites is 1. The average molecular weight is 298 g/mol. The highest BCUT2D eigenvalue weighted by atomic mass is 16.5. The summed E-state index contributed by atoms with van der Waals surface area (Å²) in [7, 11) is 0. The molecule has 0 atom stereocenters. The van der Waals surface area contributed by atoms with E-state index in [-0.39, 0.29) is 11.5 Å². The largest absolute Gasteiger partial charge is 0.494 e. The molecule has 2 aromatic carbocycles. The Morgan fingerprint density at radius 2 is 1.68 bits per heavy atom. The first-order valence-electron chi connectivity index (χ1n) is 7.17. The van der Waals surface area contributed by atoms with E-state index in [1.807, 2.05) is 6.92 Å². The van der Waals surface area contributed by atoms with Gasteiger partial charge in [-0.15, -0.1) is 0 Å². The Balaban J connectivity index is 2.11. The van der Waals surface area contributed by atoms with Crippen molar-refractivity contribution < 1.29 is 19.1 Å². The zero-order valence-electron chi connectivity index (χ0n) is 12.7. The molecule has 0 spiro atoms. The van der Waals surface area contributed by atoms with Crippen molar-refractivity contribution in [3.05, 3.63) is 59.7 Å². The van der Waals surface area contributed by atoms with E-state index in [1.165, 1.54) is 6.92 Å². The van der Waals surface area contributed by atoms with Crippen LogP contribution >= 0.6 is 0 Å². The lowest BCUT2D eigenvalue weighted by Crippen LogP contribution is -2.10. The van der Waals surface area contributed by atoms with Gasteiger partial charge in [0.15, 0.2) is 5.78 Å². The van der Waals surface area contributed by atoms with Crippen molar-refractivity contribution in [2.75, 3.05) is 6.61 Å². The molecule has 114 valence electrons. The van der Waals surface area contributed by atoms with Crippen LogP contribution in [0.5, 0.6) is 11.5 Å². The van der Waals surface area contributed by atoms with Crippen LogP contribution in [-0.2, 0) is 0 Å². The van der Waals surface area contributed by atoms with Gasteiger partial charge in [0.25, 0.3) is 0 Å². The van der Waals surface area contributed by atoms with E-state index in [2.05, 4.69) is 0 Å². The van der Waals surface area contributed by atoms with E-state index < -0.39 is 5.97 Å². The van der Waals surface area contributed by atoms with Crippen molar-refractivity contribution >= 4 is 11.8 Å². The highest BCUT2D eigenvalue weighted by molar-refractivity contribution is 5.99. The second-order valence-electron chi connectivity index (χ2n) is 4.81. The van der Waals surface area contributed by atoms with Crippen molar-refractivity contribution in [3.63, 3.8) is 0 Å². The van der Waals surface area contributed by atoms with Gasteiger partial charge in [0, 0.05) is 0 Å². The van der Waals surface area contributed by atoms with Crippen LogP contribution in [0.4, 0.5) is 0 Å². The minimum Gasteiger partial charge on any atom is -0.494 e. The topological polar surface area (TPSA) is 52.6 Å². The Kier molecular flexibility index (Phi) is 5.31. The lowest BCUT2D eigenvalue weighted by Gasteiger charge is -2.09. The Bertz CT molecular complexity index is 659.